The standard InChI is InChI=1S/C25H25ClFN3O/c1-13(2)19-20(15-7-9-17(27)10-8-15)18-11-16-12-28-30(24(31)25(4,5)6)22(16)14(3)21(18)29-23(19)26/h7-13H,1-6H3. The lowest BCUT2D eigenvalue weighted by Gasteiger charge is -2.20. The van der Waals surface area contributed by atoms with Gasteiger partial charge in [0.1, 0.15) is 11.0 Å². The van der Waals surface area contributed by atoms with Gasteiger partial charge >= 0.3 is 0 Å². The van der Waals surface area contributed by atoms with E-state index in [0.29, 0.717) is 10.7 Å². The van der Waals surface area contributed by atoms with Gasteiger partial charge in [-0.1, -0.05) is 58.4 Å². The van der Waals surface area contributed by atoms with Crippen LogP contribution < -0.4 is 0 Å². The van der Waals surface area contributed by atoms with Crippen molar-refractivity contribution in [1.82, 2.24) is 14.8 Å². The second kappa shape index (κ2) is 7.41. The number of benzene rings is 2. The van der Waals surface area contributed by atoms with E-state index in [0.717, 1.165) is 38.5 Å². The van der Waals surface area contributed by atoms with Crippen LogP contribution in [-0.2, 0) is 0 Å². The van der Waals surface area contributed by atoms with Crippen molar-refractivity contribution in [3.8, 4) is 11.1 Å². The van der Waals surface area contributed by atoms with Gasteiger partial charge in [-0.2, -0.15) is 9.78 Å². The first kappa shape index (κ1) is 21.4. The van der Waals surface area contributed by atoms with Crippen molar-refractivity contribution in [2.45, 2.75) is 47.5 Å². The third-order valence-electron chi connectivity index (χ3n) is 5.58. The molecule has 2 aromatic heterocycles. The summed E-state index contributed by atoms with van der Waals surface area (Å²) in [5, 5.41) is 6.57. The van der Waals surface area contributed by atoms with Gasteiger partial charge in [-0.15, -0.1) is 0 Å². The van der Waals surface area contributed by atoms with Crippen LogP contribution in [0, 0.1) is 18.2 Å². The van der Waals surface area contributed by atoms with Crippen molar-refractivity contribution >= 4 is 39.3 Å². The number of halogens is 2. The molecule has 0 saturated carbocycles. The lowest BCUT2D eigenvalue weighted by molar-refractivity contribution is 0.0755. The molecule has 0 fully saturated rings. The minimum Gasteiger partial charge on any atom is -0.272 e. The smallest absolute Gasteiger partial charge is 0.252 e. The summed E-state index contributed by atoms with van der Waals surface area (Å²) < 4.78 is 15.1. The molecule has 2 aromatic carbocycles. The molecule has 0 bridgehead atoms. The Kier molecular flexibility index (Phi) is 5.13. The fourth-order valence-electron chi connectivity index (χ4n) is 4.05. The van der Waals surface area contributed by atoms with E-state index in [1.54, 1.807) is 18.3 Å². The van der Waals surface area contributed by atoms with E-state index in [1.807, 2.05) is 33.8 Å². The minimum atomic E-state index is -0.577. The lowest BCUT2D eigenvalue weighted by atomic mass is 9.89. The molecule has 0 atom stereocenters. The molecule has 2 heterocycles. The SMILES string of the molecule is Cc1c2nc(Cl)c(C(C)C)c(-c3ccc(F)cc3)c2cc2cnn(C(=O)C(C)(C)C)c12. The molecule has 4 aromatic rings. The van der Waals surface area contributed by atoms with Gasteiger partial charge in [-0.25, -0.2) is 9.37 Å². The van der Waals surface area contributed by atoms with Gasteiger partial charge in [0.2, 0.25) is 0 Å². The summed E-state index contributed by atoms with van der Waals surface area (Å²) in [5.74, 6) is -0.265. The lowest BCUT2D eigenvalue weighted by Crippen LogP contribution is -2.27. The Morgan fingerprint density at radius 3 is 2.39 bits per heavy atom. The Morgan fingerprint density at radius 1 is 1.16 bits per heavy atom. The number of hydrogen-bond donors (Lipinski definition) is 0. The van der Waals surface area contributed by atoms with Crippen LogP contribution >= 0.6 is 11.6 Å². The first-order valence-electron chi connectivity index (χ1n) is 10.3. The summed E-state index contributed by atoms with van der Waals surface area (Å²) in [4.78, 5) is 17.7. The highest BCUT2D eigenvalue weighted by Gasteiger charge is 2.27. The number of hydrogen-bond acceptors (Lipinski definition) is 3. The maximum absolute atomic E-state index is 13.6. The Bertz CT molecular complexity index is 1330. The van der Waals surface area contributed by atoms with Gasteiger partial charge in [0.25, 0.3) is 5.91 Å². The second-order valence-electron chi connectivity index (χ2n) is 9.30. The molecule has 0 unspecified atom stereocenters. The van der Waals surface area contributed by atoms with Crippen molar-refractivity contribution in [3.05, 3.63) is 58.6 Å². The minimum absolute atomic E-state index is 0.0893. The van der Waals surface area contributed by atoms with Gasteiger partial charge < -0.3 is 0 Å². The topological polar surface area (TPSA) is 47.8 Å². The second-order valence-corrected chi connectivity index (χ2v) is 9.66. The Hall–Kier alpha value is -2.79. The third-order valence-corrected chi connectivity index (χ3v) is 5.87. The first-order valence-corrected chi connectivity index (χ1v) is 10.7. The maximum Gasteiger partial charge on any atom is 0.252 e. The summed E-state index contributed by atoms with van der Waals surface area (Å²) >= 11 is 6.68. The largest absolute Gasteiger partial charge is 0.272 e. The fraction of sp³-hybridized carbons (Fsp3) is 0.320. The normalized spacial score (nSPS) is 12.3. The predicted molar refractivity (Wildman–Crippen MR) is 124 cm³/mol. The molecule has 31 heavy (non-hydrogen) atoms. The predicted octanol–water partition coefficient (Wildman–Crippen LogP) is 7.16. The Balaban J connectivity index is 2.14. The molecular formula is C25H25ClFN3O. The average molecular weight is 438 g/mol. The van der Waals surface area contributed by atoms with Crippen molar-refractivity contribution in [2.75, 3.05) is 0 Å². The number of aryl methyl sites for hydroxylation is 1. The van der Waals surface area contributed by atoms with E-state index in [2.05, 4.69) is 18.9 Å². The van der Waals surface area contributed by atoms with Gasteiger partial charge in [0.05, 0.1) is 17.2 Å². The van der Waals surface area contributed by atoms with Crippen LogP contribution in [0.2, 0.25) is 5.15 Å². The zero-order chi connectivity index (χ0) is 22.7. The van der Waals surface area contributed by atoms with E-state index >= 15 is 0 Å². The monoisotopic (exact) mass is 437 g/mol. The maximum atomic E-state index is 13.6. The van der Waals surface area contributed by atoms with Crippen LogP contribution in [-0.4, -0.2) is 20.7 Å². The van der Waals surface area contributed by atoms with Crippen LogP contribution in [0.5, 0.6) is 0 Å². The van der Waals surface area contributed by atoms with Crippen LogP contribution in [0.15, 0.2) is 36.5 Å². The van der Waals surface area contributed by atoms with E-state index in [1.165, 1.54) is 16.8 Å². The van der Waals surface area contributed by atoms with Gasteiger partial charge in [0.15, 0.2) is 0 Å². The number of rotatable bonds is 2. The molecule has 0 aliphatic carbocycles. The Labute approximate surface area is 186 Å². The van der Waals surface area contributed by atoms with Crippen molar-refractivity contribution in [3.63, 3.8) is 0 Å². The molecule has 0 spiro atoms. The van der Waals surface area contributed by atoms with E-state index in [9.17, 15) is 9.18 Å². The van der Waals surface area contributed by atoms with Gasteiger partial charge in [-0.3, -0.25) is 4.79 Å². The molecule has 0 radical (unpaired) electrons. The number of carbonyl (C=O) groups is 1. The number of aromatic nitrogens is 3. The van der Waals surface area contributed by atoms with E-state index in [-0.39, 0.29) is 17.6 Å². The average Bonchev–Trinajstić information content (AvgIpc) is 3.11. The molecular weight excluding hydrogens is 413 g/mol. The summed E-state index contributed by atoms with van der Waals surface area (Å²) in [6, 6.07) is 8.43. The fourth-order valence-corrected chi connectivity index (χ4v) is 4.44. The molecule has 6 heteroatoms. The van der Waals surface area contributed by atoms with E-state index in [4.69, 9.17) is 16.6 Å². The highest BCUT2D eigenvalue weighted by molar-refractivity contribution is 6.31. The number of nitrogens with zero attached hydrogens (tertiary/aromatic N) is 3. The summed E-state index contributed by atoms with van der Waals surface area (Å²) in [6.07, 6.45) is 1.71. The quantitative estimate of drug-likeness (QED) is 0.312. The zero-order valence-corrected chi connectivity index (χ0v) is 19.3. The highest BCUT2D eigenvalue weighted by atomic mass is 35.5. The van der Waals surface area contributed by atoms with Crippen molar-refractivity contribution in [2.24, 2.45) is 5.41 Å². The molecule has 160 valence electrons. The highest BCUT2D eigenvalue weighted by Crippen LogP contribution is 2.41. The van der Waals surface area contributed by atoms with Crippen LogP contribution in [0.25, 0.3) is 32.9 Å². The molecule has 0 N–H and O–H groups in total. The molecule has 0 amide bonds. The van der Waals surface area contributed by atoms with Crippen LogP contribution in [0.4, 0.5) is 4.39 Å². The van der Waals surface area contributed by atoms with E-state index < -0.39 is 5.41 Å². The van der Waals surface area contributed by atoms with Gasteiger partial charge in [-0.05, 0) is 42.2 Å². The number of carbonyl (C=O) groups excluding carboxylic acids is 1. The molecule has 4 rings (SSSR count). The number of fused-ring (bicyclic) bond motifs is 2. The summed E-state index contributed by atoms with van der Waals surface area (Å²) in [5.41, 5.74) is 4.43. The van der Waals surface area contributed by atoms with Crippen molar-refractivity contribution in [1.29, 1.82) is 0 Å². The third kappa shape index (κ3) is 3.51. The molecule has 0 aliphatic rings. The molecule has 0 saturated heterocycles. The molecule has 0 aliphatic heterocycles. The Morgan fingerprint density at radius 2 is 1.81 bits per heavy atom. The van der Waals surface area contributed by atoms with Gasteiger partial charge in [0, 0.05) is 27.3 Å². The summed E-state index contributed by atoms with van der Waals surface area (Å²) in [7, 11) is 0. The van der Waals surface area contributed by atoms with Crippen LogP contribution in [0.1, 0.15) is 56.5 Å². The zero-order valence-electron chi connectivity index (χ0n) is 18.5. The first-order chi connectivity index (χ1) is 14.5. The molecule has 4 nitrogen and oxygen atoms in total. The number of pyridine rings is 1. The van der Waals surface area contributed by atoms with Crippen LogP contribution in [0.3, 0.4) is 0 Å². The van der Waals surface area contributed by atoms with Crippen molar-refractivity contribution < 1.29 is 9.18 Å². The summed E-state index contributed by atoms with van der Waals surface area (Å²) in [6.45, 7) is 11.7.